The molecule has 1 fully saturated rings. The van der Waals surface area contributed by atoms with Gasteiger partial charge < -0.3 is 11.5 Å². The van der Waals surface area contributed by atoms with Crippen molar-refractivity contribution in [3.63, 3.8) is 0 Å². The van der Waals surface area contributed by atoms with Crippen LogP contribution >= 0.6 is 11.6 Å². The molecule has 1 aliphatic heterocycles. The van der Waals surface area contributed by atoms with E-state index >= 15 is 0 Å². The maximum absolute atomic E-state index is 11.5. The third-order valence-electron chi connectivity index (χ3n) is 3.04. The summed E-state index contributed by atoms with van der Waals surface area (Å²) in [5.41, 5.74) is 12.0. The molecule has 4 N–H and O–H groups in total. The smallest absolute Gasteiger partial charge is 0.226 e. The normalized spacial score (nSPS) is 18.7. The van der Waals surface area contributed by atoms with E-state index in [9.17, 15) is 4.79 Å². The van der Waals surface area contributed by atoms with Crippen LogP contribution in [0.4, 0.5) is 0 Å². The van der Waals surface area contributed by atoms with Crippen LogP contribution in [0.3, 0.4) is 0 Å². The van der Waals surface area contributed by atoms with E-state index < -0.39 is 0 Å². The van der Waals surface area contributed by atoms with Crippen molar-refractivity contribution in [2.24, 2.45) is 11.5 Å². The highest BCUT2D eigenvalue weighted by atomic mass is 35.5. The van der Waals surface area contributed by atoms with Crippen molar-refractivity contribution in [2.75, 3.05) is 19.6 Å². The SMILES string of the molecule is NC(=O)[C@H](CN1CC(N)C1)c1ccc(Cl)cc1. The van der Waals surface area contributed by atoms with Gasteiger partial charge in [0.1, 0.15) is 0 Å². The summed E-state index contributed by atoms with van der Waals surface area (Å²) in [5.74, 6) is -0.604. The second kappa shape index (κ2) is 5.04. The Morgan fingerprint density at radius 2 is 2.00 bits per heavy atom. The van der Waals surface area contributed by atoms with E-state index in [1.807, 2.05) is 12.1 Å². The van der Waals surface area contributed by atoms with Gasteiger partial charge in [0.15, 0.2) is 0 Å². The molecule has 1 amide bonds. The Morgan fingerprint density at radius 3 is 2.47 bits per heavy atom. The van der Waals surface area contributed by atoms with Gasteiger partial charge in [0, 0.05) is 30.7 Å². The number of likely N-dealkylation sites (tertiary alicyclic amines) is 1. The fraction of sp³-hybridized carbons (Fsp3) is 0.417. The van der Waals surface area contributed by atoms with Crippen LogP contribution in [-0.2, 0) is 4.79 Å². The summed E-state index contributed by atoms with van der Waals surface area (Å²) in [5, 5.41) is 0.656. The zero-order chi connectivity index (χ0) is 12.4. The standard InChI is InChI=1S/C12H16ClN3O/c13-9-3-1-8(2-4-9)11(12(15)17)7-16-5-10(14)6-16/h1-4,10-11H,5-7,14H2,(H2,15,17)/t11-/m1/s1. The number of primary amides is 1. The second-order valence-corrected chi connectivity index (χ2v) is 4.92. The van der Waals surface area contributed by atoms with Gasteiger partial charge in [0.2, 0.25) is 5.91 Å². The van der Waals surface area contributed by atoms with Gasteiger partial charge in [-0.2, -0.15) is 0 Å². The lowest BCUT2D eigenvalue weighted by Crippen LogP contribution is -2.57. The highest BCUT2D eigenvalue weighted by molar-refractivity contribution is 6.30. The van der Waals surface area contributed by atoms with Gasteiger partial charge in [-0.1, -0.05) is 23.7 Å². The number of hydrogen-bond acceptors (Lipinski definition) is 3. The molecule has 5 heteroatoms. The van der Waals surface area contributed by atoms with Crippen molar-refractivity contribution in [3.05, 3.63) is 34.9 Å². The van der Waals surface area contributed by atoms with E-state index in [0.717, 1.165) is 18.7 Å². The molecule has 0 aliphatic carbocycles. The van der Waals surface area contributed by atoms with Crippen molar-refractivity contribution in [1.82, 2.24) is 4.90 Å². The zero-order valence-corrected chi connectivity index (χ0v) is 10.2. The highest BCUT2D eigenvalue weighted by Gasteiger charge is 2.28. The fourth-order valence-electron chi connectivity index (χ4n) is 2.07. The first-order valence-corrected chi connectivity index (χ1v) is 5.97. The van der Waals surface area contributed by atoms with Gasteiger partial charge in [-0.05, 0) is 17.7 Å². The molecule has 92 valence electrons. The lowest BCUT2D eigenvalue weighted by atomic mass is 9.96. The van der Waals surface area contributed by atoms with Crippen molar-refractivity contribution in [3.8, 4) is 0 Å². The van der Waals surface area contributed by atoms with Crippen LogP contribution < -0.4 is 11.5 Å². The number of hydrogen-bond donors (Lipinski definition) is 2. The number of nitrogens with two attached hydrogens (primary N) is 2. The van der Waals surface area contributed by atoms with Gasteiger partial charge in [-0.3, -0.25) is 9.69 Å². The quantitative estimate of drug-likeness (QED) is 0.823. The largest absolute Gasteiger partial charge is 0.369 e. The third kappa shape index (κ3) is 2.97. The van der Waals surface area contributed by atoms with Gasteiger partial charge in [-0.25, -0.2) is 0 Å². The zero-order valence-electron chi connectivity index (χ0n) is 9.47. The molecule has 1 aromatic carbocycles. The summed E-state index contributed by atoms with van der Waals surface area (Å²) < 4.78 is 0. The van der Waals surface area contributed by atoms with E-state index in [1.54, 1.807) is 12.1 Å². The van der Waals surface area contributed by atoms with Gasteiger partial charge >= 0.3 is 0 Å². The van der Waals surface area contributed by atoms with E-state index in [-0.39, 0.29) is 17.9 Å². The lowest BCUT2D eigenvalue weighted by molar-refractivity contribution is -0.120. The molecule has 1 heterocycles. The molecule has 0 spiro atoms. The predicted octanol–water partition coefficient (Wildman–Crippen LogP) is 0.552. The molecule has 0 radical (unpaired) electrons. The van der Waals surface area contributed by atoms with Crippen LogP contribution in [0.15, 0.2) is 24.3 Å². The van der Waals surface area contributed by atoms with Crippen LogP contribution in [0.2, 0.25) is 5.02 Å². The predicted molar refractivity (Wildman–Crippen MR) is 67.8 cm³/mol. The lowest BCUT2D eigenvalue weighted by Gasteiger charge is -2.38. The maximum Gasteiger partial charge on any atom is 0.226 e. The van der Waals surface area contributed by atoms with Gasteiger partial charge in [-0.15, -0.1) is 0 Å². The van der Waals surface area contributed by atoms with Crippen LogP contribution in [0.25, 0.3) is 0 Å². The summed E-state index contributed by atoms with van der Waals surface area (Å²) in [4.78, 5) is 13.6. The number of benzene rings is 1. The molecule has 1 aromatic rings. The molecule has 1 atom stereocenters. The average molecular weight is 254 g/mol. The fourth-order valence-corrected chi connectivity index (χ4v) is 2.20. The molecule has 4 nitrogen and oxygen atoms in total. The minimum absolute atomic E-state index is 0.230. The first kappa shape index (κ1) is 12.4. The Kier molecular flexibility index (Phi) is 3.66. The summed E-state index contributed by atoms with van der Waals surface area (Å²) in [7, 11) is 0. The summed E-state index contributed by atoms with van der Waals surface area (Å²) in [6.45, 7) is 2.29. The molecule has 0 bridgehead atoms. The number of nitrogens with zero attached hydrogens (tertiary/aromatic N) is 1. The Balaban J connectivity index is 2.06. The minimum atomic E-state index is -0.312. The molecular weight excluding hydrogens is 238 g/mol. The molecule has 0 saturated carbocycles. The molecule has 17 heavy (non-hydrogen) atoms. The molecular formula is C12H16ClN3O. The first-order chi connectivity index (χ1) is 8.06. The summed E-state index contributed by atoms with van der Waals surface area (Å²) in [6, 6.07) is 7.46. The van der Waals surface area contributed by atoms with Crippen LogP contribution in [0.1, 0.15) is 11.5 Å². The number of carbonyl (C=O) groups excluding carboxylic acids is 1. The number of amides is 1. The minimum Gasteiger partial charge on any atom is -0.369 e. The third-order valence-corrected chi connectivity index (χ3v) is 3.29. The van der Waals surface area contributed by atoms with Crippen LogP contribution in [0, 0.1) is 0 Å². The Labute approximate surface area is 106 Å². The molecule has 0 aromatic heterocycles. The van der Waals surface area contributed by atoms with Crippen LogP contribution in [0.5, 0.6) is 0 Å². The van der Waals surface area contributed by atoms with Crippen molar-refractivity contribution in [1.29, 1.82) is 0 Å². The number of rotatable bonds is 4. The Bertz CT molecular complexity index is 401. The van der Waals surface area contributed by atoms with E-state index in [4.69, 9.17) is 23.1 Å². The molecule has 1 aliphatic rings. The van der Waals surface area contributed by atoms with Crippen molar-refractivity contribution in [2.45, 2.75) is 12.0 Å². The molecule has 2 rings (SSSR count). The molecule has 1 saturated heterocycles. The topological polar surface area (TPSA) is 72.4 Å². The number of halogens is 1. The van der Waals surface area contributed by atoms with Gasteiger partial charge in [0.25, 0.3) is 0 Å². The second-order valence-electron chi connectivity index (χ2n) is 4.49. The first-order valence-electron chi connectivity index (χ1n) is 5.59. The molecule has 0 unspecified atom stereocenters. The Morgan fingerprint density at radius 1 is 1.41 bits per heavy atom. The Hall–Kier alpha value is -1.10. The van der Waals surface area contributed by atoms with E-state index in [2.05, 4.69) is 4.90 Å². The monoisotopic (exact) mass is 253 g/mol. The number of carbonyl (C=O) groups is 1. The van der Waals surface area contributed by atoms with E-state index in [1.165, 1.54) is 0 Å². The van der Waals surface area contributed by atoms with Gasteiger partial charge in [0.05, 0.1) is 5.92 Å². The van der Waals surface area contributed by atoms with Crippen molar-refractivity contribution >= 4 is 17.5 Å². The summed E-state index contributed by atoms with van der Waals surface area (Å²) >= 11 is 5.82. The van der Waals surface area contributed by atoms with Crippen molar-refractivity contribution < 1.29 is 4.79 Å². The summed E-state index contributed by atoms with van der Waals surface area (Å²) in [6.07, 6.45) is 0. The maximum atomic E-state index is 11.5. The van der Waals surface area contributed by atoms with E-state index in [0.29, 0.717) is 11.6 Å². The average Bonchev–Trinajstić information content (AvgIpc) is 2.24. The van der Waals surface area contributed by atoms with Crippen LogP contribution in [-0.4, -0.2) is 36.5 Å². The highest BCUT2D eigenvalue weighted by Crippen LogP contribution is 2.21.